The van der Waals surface area contributed by atoms with E-state index in [2.05, 4.69) is 0 Å². The molecule has 1 atom stereocenters. The predicted molar refractivity (Wildman–Crippen MR) is 86.5 cm³/mol. The molecule has 1 aromatic rings. The number of hydrogen-bond donors (Lipinski definition) is 0. The van der Waals surface area contributed by atoms with Gasteiger partial charge >= 0.3 is 11.9 Å². The number of carbonyl (C=O) groups excluding carboxylic acids is 2. The molecule has 1 rings (SSSR count). The fourth-order valence-corrected chi connectivity index (χ4v) is 2.16. The van der Waals surface area contributed by atoms with E-state index in [-0.39, 0.29) is 6.61 Å². The summed E-state index contributed by atoms with van der Waals surface area (Å²) >= 11 is 0. The molecule has 0 bridgehead atoms. The number of esters is 2. The van der Waals surface area contributed by atoms with Gasteiger partial charge in [-0.25, -0.2) is 0 Å². The Morgan fingerprint density at radius 1 is 1.09 bits per heavy atom. The summed E-state index contributed by atoms with van der Waals surface area (Å²) in [5.41, 5.74) is 1.03. The summed E-state index contributed by atoms with van der Waals surface area (Å²) in [6.45, 7) is 2.61. The normalized spacial score (nSPS) is 12.3. The van der Waals surface area contributed by atoms with Gasteiger partial charge in [0, 0.05) is 5.92 Å². The van der Waals surface area contributed by atoms with Crippen LogP contribution in [0.25, 0.3) is 0 Å². The van der Waals surface area contributed by atoms with E-state index in [0.717, 1.165) is 12.0 Å². The van der Waals surface area contributed by atoms with Crippen molar-refractivity contribution in [2.24, 2.45) is 11.8 Å². The van der Waals surface area contributed by atoms with Gasteiger partial charge < -0.3 is 14.2 Å². The highest BCUT2D eigenvalue weighted by Crippen LogP contribution is 2.19. The average molecular weight is 320 g/mol. The van der Waals surface area contributed by atoms with E-state index in [1.54, 1.807) is 0 Å². The Hall–Kier alpha value is -2.14. The molecule has 0 saturated carbocycles. The highest BCUT2D eigenvalue weighted by molar-refractivity contribution is 5.95. The van der Waals surface area contributed by atoms with Crippen molar-refractivity contribution < 1.29 is 23.8 Å². The second-order valence-electron chi connectivity index (χ2n) is 5.02. The van der Waals surface area contributed by atoms with Crippen molar-refractivity contribution in [2.45, 2.75) is 20.0 Å². The van der Waals surface area contributed by atoms with Crippen LogP contribution in [0.1, 0.15) is 18.9 Å². The first-order valence-electron chi connectivity index (χ1n) is 7.58. The second kappa shape index (κ2) is 10.6. The molecule has 5 nitrogen and oxygen atoms in total. The second-order valence-corrected chi connectivity index (χ2v) is 5.02. The van der Waals surface area contributed by atoms with E-state index in [9.17, 15) is 9.59 Å². The molecule has 0 radical (unpaired) electrons. The molecule has 0 fully saturated rings. The van der Waals surface area contributed by atoms with Crippen LogP contribution in [0.15, 0.2) is 42.5 Å². The van der Waals surface area contributed by atoms with E-state index in [0.29, 0.717) is 6.61 Å². The van der Waals surface area contributed by atoms with Crippen molar-refractivity contribution in [1.29, 1.82) is 0 Å². The first-order chi connectivity index (χ1) is 11.1. The van der Waals surface area contributed by atoms with Gasteiger partial charge in [-0.05, 0) is 12.0 Å². The molecule has 0 aliphatic rings. The maximum Gasteiger partial charge on any atom is 0.320 e. The van der Waals surface area contributed by atoms with E-state index in [1.807, 2.05) is 49.4 Å². The largest absolute Gasteiger partial charge is 0.468 e. The number of hydrogen-bond acceptors (Lipinski definition) is 5. The highest BCUT2D eigenvalue weighted by Gasteiger charge is 2.35. The molecule has 0 aromatic heterocycles. The third-order valence-corrected chi connectivity index (χ3v) is 3.38. The van der Waals surface area contributed by atoms with Crippen LogP contribution in [0.3, 0.4) is 0 Å². The number of rotatable bonds is 9. The highest BCUT2D eigenvalue weighted by atomic mass is 16.5. The Balaban J connectivity index is 2.78. The van der Waals surface area contributed by atoms with Crippen LogP contribution in [0.4, 0.5) is 0 Å². The van der Waals surface area contributed by atoms with Crippen LogP contribution in [0.2, 0.25) is 0 Å². The Morgan fingerprint density at radius 3 is 2.22 bits per heavy atom. The Labute approximate surface area is 137 Å². The lowest BCUT2D eigenvalue weighted by atomic mass is 9.92. The summed E-state index contributed by atoms with van der Waals surface area (Å²) in [7, 11) is 2.51. The summed E-state index contributed by atoms with van der Waals surface area (Å²) in [5.74, 6) is -2.70. The van der Waals surface area contributed by atoms with Gasteiger partial charge in [-0.2, -0.15) is 0 Å². The molecule has 0 aliphatic carbocycles. The van der Waals surface area contributed by atoms with Crippen molar-refractivity contribution >= 4 is 11.9 Å². The van der Waals surface area contributed by atoms with Gasteiger partial charge in [0.25, 0.3) is 0 Å². The minimum absolute atomic E-state index is 0.222. The zero-order valence-corrected chi connectivity index (χ0v) is 13.9. The lowest BCUT2D eigenvalue weighted by Crippen LogP contribution is -2.34. The first-order valence-corrected chi connectivity index (χ1v) is 7.58. The maximum absolute atomic E-state index is 11.9. The molecular weight excluding hydrogens is 296 g/mol. The van der Waals surface area contributed by atoms with Crippen LogP contribution in [-0.4, -0.2) is 32.8 Å². The number of allylic oxidation sites excluding steroid dienone is 1. The van der Waals surface area contributed by atoms with Crippen molar-refractivity contribution in [2.75, 3.05) is 20.8 Å². The number of benzene rings is 1. The number of carbonyl (C=O) groups is 2. The van der Waals surface area contributed by atoms with Gasteiger partial charge in [0.15, 0.2) is 5.92 Å². The van der Waals surface area contributed by atoms with Crippen molar-refractivity contribution in [3.05, 3.63) is 48.0 Å². The third kappa shape index (κ3) is 6.24. The molecule has 1 aromatic carbocycles. The molecule has 23 heavy (non-hydrogen) atoms. The quantitative estimate of drug-likeness (QED) is 0.398. The Kier molecular flexibility index (Phi) is 8.68. The number of methoxy groups -OCH3 is 2. The lowest BCUT2D eigenvalue weighted by Gasteiger charge is -2.20. The molecule has 0 spiro atoms. The van der Waals surface area contributed by atoms with E-state index < -0.39 is 23.8 Å². The van der Waals surface area contributed by atoms with Gasteiger partial charge in [0.2, 0.25) is 0 Å². The van der Waals surface area contributed by atoms with Gasteiger partial charge in [0.1, 0.15) is 0 Å². The fourth-order valence-electron chi connectivity index (χ4n) is 2.16. The summed E-state index contributed by atoms with van der Waals surface area (Å²) in [6.07, 6.45) is 4.50. The molecule has 0 aliphatic heterocycles. The maximum atomic E-state index is 11.9. The minimum atomic E-state index is -1.02. The summed E-state index contributed by atoms with van der Waals surface area (Å²) in [4.78, 5) is 23.9. The SMILES string of the molecule is CC/C=C/[C@H](COCc1ccccc1)C(C(=O)OC)C(=O)OC. The summed E-state index contributed by atoms with van der Waals surface area (Å²) < 4.78 is 15.1. The molecule has 0 heterocycles. The number of ether oxygens (including phenoxy) is 3. The molecule has 0 amide bonds. The van der Waals surface area contributed by atoms with Gasteiger partial charge in [-0.3, -0.25) is 9.59 Å². The van der Waals surface area contributed by atoms with Gasteiger partial charge in [-0.15, -0.1) is 0 Å². The third-order valence-electron chi connectivity index (χ3n) is 3.38. The van der Waals surface area contributed by atoms with Crippen molar-refractivity contribution in [3.63, 3.8) is 0 Å². The molecule has 0 N–H and O–H groups in total. The first kappa shape index (κ1) is 18.9. The van der Waals surface area contributed by atoms with Crippen LogP contribution < -0.4 is 0 Å². The van der Waals surface area contributed by atoms with E-state index in [1.165, 1.54) is 14.2 Å². The molecule has 0 saturated heterocycles. The zero-order valence-electron chi connectivity index (χ0n) is 13.9. The Morgan fingerprint density at radius 2 is 1.70 bits per heavy atom. The van der Waals surface area contributed by atoms with Crippen LogP contribution in [0, 0.1) is 11.8 Å². The smallest absolute Gasteiger partial charge is 0.320 e. The van der Waals surface area contributed by atoms with E-state index >= 15 is 0 Å². The molecule has 126 valence electrons. The Bertz CT molecular complexity index is 493. The standard InChI is InChI=1S/C18H24O5/c1-4-5-11-15(16(17(19)21-2)18(20)22-3)13-23-12-14-9-7-6-8-10-14/h5-11,15-16H,4,12-13H2,1-3H3/b11-5+/t15-/m1/s1. The van der Waals surface area contributed by atoms with Crippen LogP contribution >= 0.6 is 0 Å². The van der Waals surface area contributed by atoms with Gasteiger partial charge in [-0.1, -0.05) is 49.4 Å². The topological polar surface area (TPSA) is 61.8 Å². The molecule has 0 unspecified atom stereocenters. The lowest BCUT2D eigenvalue weighted by molar-refractivity contribution is -0.161. The van der Waals surface area contributed by atoms with E-state index in [4.69, 9.17) is 14.2 Å². The summed E-state index contributed by atoms with van der Waals surface area (Å²) in [5, 5.41) is 0. The van der Waals surface area contributed by atoms with Crippen LogP contribution in [-0.2, 0) is 30.4 Å². The van der Waals surface area contributed by atoms with Crippen molar-refractivity contribution in [3.8, 4) is 0 Å². The monoisotopic (exact) mass is 320 g/mol. The molecule has 5 heteroatoms. The minimum Gasteiger partial charge on any atom is -0.468 e. The van der Waals surface area contributed by atoms with Gasteiger partial charge in [0.05, 0.1) is 27.4 Å². The predicted octanol–water partition coefficient (Wildman–Crippen LogP) is 2.75. The average Bonchev–Trinajstić information content (AvgIpc) is 2.59. The van der Waals surface area contributed by atoms with Crippen molar-refractivity contribution in [1.82, 2.24) is 0 Å². The molecular formula is C18H24O5. The fraction of sp³-hybridized carbons (Fsp3) is 0.444. The summed E-state index contributed by atoms with van der Waals surface area (Å²) in [6, 6.07) is 9.70. The zero-order chi connectivity index (χ0) is 17.1. The van der Waals surface area contributed by atoms with Crippen LogP contribution in [0.5, 0.6) is 0 Å².